The van der Waals surface area contributed by atoms with E-state index in [1.807, 2.05) is 0 Å². The van der Waals surface area contributed by atoms with Crippen molar-refractivity contribution in [3.63, 3.8) is 0 Å². The number of hydrogen-bond acceptors (Lipinski definition) is 3. The summed E-state index contributed by atoms with van der Waals surface area (Å²) in [5, 5.41) is 8.47. The summed E-state index contributed by atoms with van der Waals surface area (Å²) >= 11 is 0. The predicted octanol–water partition coefficient (Wildman–Crippen LogP) is 1.38. The number of rotatable bonds is 1. The Bertz CT molecular complexity index is 376. The number of aromatic nitrogens is 1. The summed E-state index contributed by atoms with van der Waals surface area (Å²) in [5.41, 5.74) is 2.32. The lowest BCUT2D eigenvalue weighted by atomic mass is 10.1. The van der Waals surface area contributed by atoms with Gasteiger partial charge < -0.3 is 10.8 Å². The van der Waals surface area contributed by atoms with Gasteiger partial charge in [0.25, 0.3) is 0 Å². The predicted molar refractivity (Wildman–Crippen MR) is 40.6 cm³/mol. The van der Waals surface area contributed by atoms with Crippen molar-refractivity contribution >= 4 is 11.7 Å². The quantitative estimate of drug-likeness (QED) is 0.727. The van der Waals surface area contributed by atoms with Crippen LogP contribution >= 0.6 is 0 Å². The van der Waals surface area contributed by atoms with E-state index in [0.717, 1.165) is 6.20 Å². The fourth-order valence-corrected chi connectivity index (χ4v) is 0.867. The van der Waals surface area contributed by atoms with Gasteiger partial charge in [-0.25, -0.2) is 4.79 Å². The van der Waals surface area contributed by atoms with Crippen molar-refractivity contribution in [2.45, 2.75) is 6.18 Å². The van der Waals surface area contributed by atoms with E-state index in [2.05, 4.69) is 4.98 Å². The normalized spacial score (nSPS) is 11.4. The average molecular weight is 206 g/mol. The van der Waals surface area contributed by atoms with E-state index in [4.69, 9.17) is 10.8 Å². The number of carboxylic acid groups (broad SMARTS) is 1. The summed E-state index contributed by atoms with van der Waals surface area (Å²) in [4.78, 5) is 13.6. The minimum absolute atomic E-state index is 0.488. The van der Waals surface area contributed by atoms with Crippen LogP contribution in [-0.2, 0) is 6.18 Å². The van der Waals surface area contributed by atoms with Crippen molar-refractivity contribution in [3.8, 4) is 0 Å². The van der Waals surface area contributed by atoms with Crippen LogP contribution in [0, 0.1) is 0 Å². The molecule has 1 heterocycles. The van der Waals surface area contributed by atoms with Gasteiger partial charge in [-0.1, -0.05) is 0 Å². The molecule has 0 aliphatic rings. The second kappa shape index (κ2) is 3.17. The smallest absolute Gasteiger partial charge is 0.419 e. The number of nitrogens with zero attached hydrogens (tertiary/aromatic N) is 1. The maximum Gasteiger partial charge on any atom is 0.419 e. The molecule has 1 aromatic heterocycles. The third-order valence-electron chi connectivity index (χ3n) is 1.52. The van der Waals surface area contributed by atoms with E-state index in [1.165, 1.54) is 0 Å². The Labute approximate surface area is 76.2 Å². The number of alkyl halides is 3. The highest BCUT2D eigenvalue weighted by Crippen LogP contribution is 2.34. The molecule has 0 saturated carbocycles. The van der Waals surface area contributed by atoms with E-state index in [0.29, 0.717) is 6.20 Å². The molecular weight excluding hydrogens is 201 g/mol. The first kappa shape index (κ1) is 10.3. The Kier molecular flexibility index (Phi) is 2.33. The minimum atomic E-state index is -4.69. The lowest BCUT2D eigenvalue weighted by Crippen LogP contribution is -2.13. The van der Waals surface area contributed by atoms with Crippen molar-refractivity contribution in [1.29, 1.82) is 0 Å². The van der Waals surface area contributed by atoms with Gasteiger partial charge >= 0.3 is 12.1 Å². The monoisotopic (exact) mass is 206 g/mol. The number of aromatic carboxylic acids is 1. The summed E-state index contributed by atoms with van der Waals surface area (Å²) in [6, 6.07) is 0. The molecule has 1 rings (SSSR count). The standard InChI is InChI=1S/C7H5F3N2O2/c8-7(9,10)4-2-12-1-3(5(4)11)6(13)14/h1-2H,(H2,11,12)(H,13,14). The van der Waals surface area contributed by atoms with E-state index >= 15 is 0 Å². The molecule has 4 nitrogen and oxygen atoms in total. The molecule has 14 heavy (non-hydrogen) atoms. The molecule has 0 bridgehead atoms. The van der Waals surface area contributed by atoms with Gasteiger partial charge in [0.1, 0.15) is 5.56 Å². The molecular formula is C7H5F3N2O2. The van der Waals surface area contributed by atoms with Crippen LogP contribution in [0.3, 0.4) is 0 Å². The molecule has 0 fully saturated rings. The molecule has 0 aliphatic carbocycles. The lowest BCUT2D eigenvalue weighted by molar-refractivity contribution is -0.137. The van der Waals surface area contributed by atoms with Crippen LogP contribution in [-0.4, -0.2) is 16.1 Å². The van der Waals surface area contributed by atoms with Gasteiger partial charge in [0.05, 0.1) is 11.3 Å². The Balaban J connectivity index is 3.35. The average Bonchev–Trinajstić information content (AvgIpc) is 2.01. The van der Waals surface area contributed by atoms with Crippen LogP contribution in [0.1, 0.15) is 15.9 Å². The summed E-state index contributed by atoms with van der Waals surface area (Å²) in [5.74, 6) is -1.54. The van der Waals surface area contributed by atoms with Crippen LogP contribution in [0.5, 0.6) is 0 Å². The van der Waals surface area contributed by atoms with Gasteiger partial charge in [-0.3, -0.25) is 4.98 Å². The van der Waals surface area contributed by atoms with Crippen molar-refractivity contribution in [3.05, 3.63) is 23.5 Å². The summed E-state index contributed by atoms with van der Waals surface area (Å²) < 4.78 is 36.5. The maximum atomic E-state index is 12.2. The Hall–Kier alpha value is -1.79. The van der Waals surface area contributed by atoms with Crippen LogP contribution in [0.2, 0.25) is 0 Å². The molecule has 76 valence electrons. The number of nitrogen functional groups attached to an aromatic ring is 1. The van der Waals surface area contributed by atoms with E-state index in [9.17, 15) is 18.0 Å². The molecule has 7 heteroatoms. The topological polar surface area (TPSA) is 76.2 Å². The lowest BCUT2D eigenvalue weighted by Gasteiger charge is -2.10. The number of hydrogen-bond donors (Lipinski definition) is 2. The summed E-state index contributed by atoms with van der Waals surface area (Å²) in [6.45, 7) is 0. The molecule has 0 saturated heterocycles. The number of nitrogens with two attached hydrogens (primary N) is 1. The van der Waals surface area contributed by atoms with Crippen molar-refractivity contribution < 1.29 is 23.1 Å². The number of carboxylic acids is 1. The molecule has 0 atom stereocenters. The zero-order chi connectivity index (χ0) is 10.9. The number of pyridine rings is 1. The maximum absolute atomic E-state index is 12.2. The molecule has 3 N–H and O–H groups in total. The third-order valence-corrected chi connectivity index (χ3v) is 1.52. The van der Waals surface area contributed by atoms with Crippen LogP contribution in [0.15, 0.2) is 12.4 Å². The van der Waals surface area contributed by atoms with E-state index < -0.39 is 29.0 Å². The first-order valence-corrected chi connectivity index (χ1v) is 3.38. The minimum Gasteiger partial charge on any atom is -0.478 e. The second-order valence-corrected chi connectivity index (χ2v) is 2.45. The van der Waals surface area contributed by atoms with Crippen LogP contribution < -0.4 is 5.73 Å². The van der Waals surface area contributed by atoms with Crippen LogP contribution in [0.4, 0.5) is 18.9 Å². The van der Waals surface area contributed by atoms with Gasteiger partial charge in [-0.15, -0.1) is 0 Å². The zero-order valence-electron chi connectivity index (χ0n) is 6.67. The third kappa shape index (κ3) is 1.76. The molecule has 0 aromatic carbocycles. The van der Waals surface area contributed by atoms with Gasteiger partial charge in [0.2, 0.25) is 0 Å². The Morgan fingerprint density at radius 3 is 2.43 bits per heavy atom. The van der Waals surface area contributed by atoms with Gasteiger partial charge in [-0.2, -0.15) is 13.2 Å². The largest absolute Gasteiger partial charge is 0.478 e. The second-order valence-electron chi connectivity index (χ2n) is 2.45. The summed E-state index contributed by atoms with van der Waals surface area (Å²) in [6.07, 6.45) is -3.43. The van der Waals surface area contributed by atoms with Crippen molar-refractivity contribution in [2.75, 3.05) is 5.73 Å². The molecule has 1 aromatic rings. The van der Waals surface area contributed by atoms with Crippen LogP contribution in [0.25, 0.3) is 0 Å². The SMILES string of the molecule is Nc1c(C(=O)O)cncc1C(F)(F)F. The molecule has 0 spiro atoms. The number of halogens is 3. The highest BCUT2D eigenvalue weighted by molar-refractivity contribution is 5.93. The van der Waals surface area contributed by atoms with Crippen molar-refractivity contribution in [1.82, 2.24) is 4.98 Å². The molecule has 0 unspecified atom stereocenters. The van der Waals surface area contributed by atoms with Gasteiger partial charge in [0.15, 0.2) is 0 Å². The van der Waals surface area contributed by atoms with E-state index in [-0.39, 0.29) is 0 Å². The Morgan fingerprint density at radius 2 is 2.00 bits per heavy atom. The summed E-state index contributed by atoms with van der Waals surface area (Å²) in [7, 11) is 0. The highest BCUT2D eigenvalue weighted by atomic mass is 19.4. The van der Waals surface area contributed by atoms with Crippen molar-refractivity contribution in [2.24, 2.45) is 0 Å². The first-order chi connectivity index (χ1) is 6.34. The number of anilines is 1. The first-order valence-electron chi connectivity index (χ1n) is 3.38. The highest BCUT2D eigenvalue weighted by Gasteiger charge is 2.34. The molecule has 0 aliphatic heterocycles. The zero-order valence-corrected chi connectivity index (χ0v) is 6.67. The Morgan fingerprint density at radius 1 is 1.43 bits per heavy atom. The fourth-order valence-electron chi connectivity index (χ4n) is 0.867. The molecule has 0 radical (unpaired) electrons. The fraction of sp³-hybridized carbons (Fsp3) is 0.143. The van der Waals surface area contributed by atoms with Gasteiger partial charge in [0, 0.05) is 12.4 Å². The number of carbonyl (C=O) groups is 1. The van der Waals surface area contributed by atoms with Gasteiger partial charge in [-0.05, 0) is 0 Å². The molecule has 0 amide bonds. The van der Waals surface area contributed by atoms with E-state index in [1.54, 1.807) is 0 Å².